The molecule has 1 aromatic heterocycles. The fourth-order valence-electron chi connectivity index (χ4n) is 3.86. The predicted octanol–water partition coefficient (Wildman–Crippen LogP) is 2.89. The van der Waals surface area contributed by atoms with E-state index in [2.05, 4.69) is 15.7 Å². The number of ether oxygens (including phenoxy) is 1. The minimum atomic E-state index is -4.48. The van der Waals surface area contributed by atoms with E-state index in [4.69, 9.17) is 10.6 Å². The van der Waals surface area contributed by atoms with Crippen LogP contribution < -0.4 is 21.3 Å². The van der Waals surface area contributed by atoms with Gasteiger partial charge in [-0.3, -0.25) is 24.7 Å². The number of halogens is 3. The number of aromatic nitrogens is 1. The third-order valence-corrected chi connectivity index (χ3v) is 5.98. The van der Waals surface area contributed by atoms with Crippen molar-refractivity contribution < 1.29 is 32.3 Å². The third kappa shape index (κ3) is 7.30. The van der Waals surface area contributed by atoms with Crippen LogP contribution in [0.5, 0.6) is 11.6 Å². The summed E-state index contributed by atoms with van der Waals surface area (Å²) < 4.78 is 43.8. The van der Waals surface area contributed by atoms with Crippen LogP contribution in [0.2, 0.25) is 0 Å². The van der Waals surface area contributed by atoms with Crippen molar-refractivity contribution in [2.24, 2.45) is 5.84 Å². The first-order chi connectivity index (χ1) is 18.6. The number of hydrazine groups is 1. The lowest BCUT2D eigenvalue weighted by molar-refractivity contribution is -0.137. The van der Waals surface area contributed by atoms with E-state index in [9.17, 15) is 27.6 Å². The largest absolute Gasteiger partial charge is 0.439 e. The van der Waals surface area contributed by atoms with Crippen LogP contribution in [0.15, 0.2) is 66.9 Å². The number of pyridine rings is 1. The summed E-state index contributed by atoms with van der Waals surface area (Å²) in [7, 11) is 0. The van der Waals surface area contributed by atoms with Gasteiger partial charge in [-0.05, 0) is 54.6 Å². The standard InChI is InChI=1S/C26H25F3N6O4/c27-26(28,29)19-5-1-17(2-6-19)24(37)32-20-7-10-23(31-15-20)39-21-8-3-18(4-9-21)25(38)35-13-11-34(12-14-35)16-22(36)33-30/h1-10,15H,11-14,16,30H2,(H,32,37)(H,33,36). The highest BCUT2D eigenvalue weighted by molar-refractivity contribution is 6.04. The minimum absolute atomic E-state index is 0.0684. The Morgan fingerprint density at radius 2 is 1.54 bits per heavy atom. The Hall–Kier alpha value is -4.49. The van der Waals surface area contributed by atoms with Crippen molar-refractivity contribution in [3.63, 3.8) is 0 Å². The Morgan fingerprint density at radius 1 is 0.897 bits per heavy atom. The van der Waals surface area contributed by atoms with Gasteiger partial charge in [0.25, 0.3) is 11.8 Å². The van der Waals surface area contributed by atoms with Crippen molar-refractivity contribution in [3.8, 4) is 11.6 Å². The van der Waals surface area contributed by atoms with Crippen molar-refractivity contribution in [2.75, 3.05) is 38.0 Å². The summed E-state index contributed by atoms with van der Waals surface area (Å²) in [6.07, 6.45) is -3.13. The second kappa shape index (κ2) is 11.9. The van der Waals surface area contributed by atoms with E-state index in [0.717, 1.165) is 24.3 Å². The average molecular weight is 543 g/mol. The van der Waals surface area contributed by atoms with Gasteiger partial charge in [0.05, 0.1) is 24.0 Å². The van der Waals surface area contributed by atoms with Crippen molar-refractivity contribution in [2.45, 2.75) is 6.18 Å². The topological polar surface area (TPSA) is 130 Å². The number of hydrogen-bond donors (Lipinski definition) is 3. The SMILES string of the molecule is NNC(=O)CN1CCN(C(=O)c2ccc(Oc3ccc(NC(=O)c4ccc(C(F)(F)F)cc4)cn3)cc2)CC1. The van der Waals surface area contributed by atoms with E-state index in [0.29, 0.717) is 43.2 Å². The number of nitrogens with zero attached hydrogens (tertiary/aromatic N) is 3. The van der Waals surface area contributed by atoms with Gasteiger partial charge in [-0.25, -0.2) is 10.8 Å². The fraction of sp³-hybridized carbons (Fsp3) is 0.231. The van der Waals surface area contributed by atoms with E-state index in [1.54, 1.807) is 35.2 Å². The number of carbonyl (C=O) groups excluding carboxylic acids is 3. The highest BCUT2D eigenvalue weighted by atomic mass is 19.4. The van der Waals surface area contributed by atoms with Gasteiger partial charge in [-0.2, -0.15) is 13.2 Å². The lowest BCUT2D eigenvalue weighted by Crippen LogP contribution is -2.51. The minimum Gasteiger partial charge on any atom is -0.439 e. The lowest BCUT2D eigenvalue weighted by atomic mass is 10.1. The normalized spacial score (nSPS) is 14.0. The Morgan fingerprint density at radius 3 is 2.10 bits per heavy atom. The van der Waals surface area contributed by atoms with Gasteiger partial charge in [-0.15, -0.1) is 0 Å². The number of alkyl halides is 3. The Bertz CT molecular complexity index is 1310. The highest BCUT2D eigenvalue weighted by Crippen LogP contribution is 2.29. The maximum absolute atomic E-state index is 12.8. The van der Waals surface area contributed by atoms with E-state index >= 15 is 0 Å². The molecule has 2 heterocycles. The molecule has 1 aliphatic heterocycles. The molecule has 1 saturated heterocycles. The summed E-state index contributed by atoms with van der Waals surface area (Å²) in [5, 5.41) is 2.56. The molecule has 10 nitrogen and oxygen atoms in total. The van der Waals surface area contributed by atoms with Gasteiger partial charge in [0.1, 0.15) is 5.75 Å². The Labute approximate surface area is 221 Å². The molecule has 0 spiro atoms. The van der Waals surface area contributed by atoms with Crippen LogP contribution in [-0.4, -0.2) is 65.2 Å². The first-order valence-corrected chi connectivity index (χ1v) is 11.9. The van der Waals surface area contributed by atoms with Crippen LogP contribution in [0, 0.1) is 0 Å². The molecule has 1 aliphatic rings. The number of piperazine rings is 1. The first kappa shape index (κ1) is 27.5. The van der Waals surface area contributed by atoms with Crippen molar-refractivity contribution in [3.05, 3.63) is 83.6 Å². The molecule has 4 N–H and O–H groups in total. The van der Waals surface area contributed by atoms with Gasteiger partial charge in [0.15, 0.2) is 0 Å². The van der Waals surface area contributed by atoms with Gasteiger partial charge < -0.3 is 15.0 Å². The molecule has 0 unspecified atom stereocenters. The zero-order valence-corrected chi connectivity index (χ0v) is 20.6. The van der Waals surface area contributed by atoms with E-state index in [1.165, 1.54) is 12.3 Å². The van der Waals surface area contributed by atoms with Crippen LogP contribution in [0.4, 0.5) is 18.9 Å². The van der Waals surface area contributed by atoms with Gasteiger partial charge in [-0.1, -0.05) is 0 Å². The molecule has 0 bridgehead atoms. The molecule has 3 aromatic rings. The van der Waals surface area contributed by atoms with Crippen LogP contribution in [0.3, 0.4) is 0 Å². The van der Waals surface area contributed by atoms with Gasteiger partial charge in [0, 0.05) is 43.4 Å². The fourth-order valence-corrected chi connectivity index (χ4v) is 3.86. The zero-order chi connectivity index (χ0) is 28.0. The summed E-state index contributed by atoms with van der Waals surface area (Å²) in [6.45, 7) is 2.28. The molecule has 39 heavy (non-hydrogen) atoms. The molecule has 0 aliphatic carbocycles. The molecule has 0 atom stereocenters. The number of rotatable bonds is 7. The summed E-state index contributed by atoms with van der Waals surface area (Å²) in [5.74, 6) is 4.80. The van der Waals surface area contributed by atoms with E-state index in [1.807, 2.05) is 4.90 Å². The number of carbonyl (C=O) groups is 3. The van der Waals surface area contributed by atoms with E-state index < -0.39 is 17.6 Å². The smallest absolute Gasteiger partial charge is 0.416 e. The quantitative estimate of drug-likeness (QED) is 0.238. The van der Waals surface area contributed by atoms with Crippen LogP contribution in [0.25, 0.3) is 0 Å². The summed E-state index contributed by atoms with van der Waals surface area (Å²) in [5.41, 5.74) is 2.14. The number of nitrogens with two attached hydrogens (primary N) is 1. The molecule has 204 valence electrons. The molecular weight excluding hydrogens is 517 g/mol. The summed E-state index contributed by atoms with van der Waals surface area (Å²) in [4.78, 5) is 44.3. The molecule has 3 amide bonds. The van der Waals surface area contributed by atoms with Crippen molar-refractivity contribution in [1.29, 1.82) is 0 Å². The number of anilines is 1. The lowest BCUT2D eigenvalue weighted by Gasteiger charge is -2.34. The number of nitrogens with one attached hydrogen (secondary N) is 2. The maximum atomic E-state index is 12.8. The predicted molar refractivity (Wildman–Crippen MR) is 135 cm³/mol. The molecule has 1 fully saturated rings. The Kier molecular flexibility index (Phi) is 8.42. The monoisotopic (exact) mass is 542 g/mol. The molecule has 13 heteroatoms. The van der Waals surface area contributed by atoms with Gasteiger partial charge in [0.2, 0.25) is 11.8 Å². The van der Waals surface area contributed by atoms with Crippen LogP contribution in [-0.2, 0) is 11.0 Å². The average Bonchev–Trinajstić information content (AvgIpc) is 2.94. The molecule has 0 radical (unpaired) electrons. The van der Waals surface area contributed by atoms with Crippen LogP contribution in [0.1, 0.15) is 26.3 Å². The molecule has 0 saturated carbocycles. The highest BCUT2D eigenvalue weighted by Gasteiger charge is 2.30. The molecular formula is C26H25F3N6O4. The first-order valence-electron chi connectivity index (χ1n) is 11.9. The van der Waals surface area contributed by atoms with Crippen molar-refractivity contribution >= 4 is 23.4 Å². The van der Waals surface area contributed by atoms with Crippen molar-refractivity contribution in [1.82, 2.24) is 20.2 Å². The number of hydrogen-bond acceptors (Lipinski definition) is 7. The maximum Gasteiger partial charge on any atom is 0.416 e. The third-order valence-electron chi connectivity index (χ3n) is 5.98. The second-order valence-corrected chi connectivity index (χ2v) is 8.68. The summed E-state index contributed by atoms with van der Waals surface area (Å²) >= 11 is 0. The summed E-state index contributed by atoms with van der Waals surface area (Å²) in [6, 6.07) is 13.5. The number of amides is 3. The zero-order valence-electron chi connectivity index (χ0n) is 20.6. The second-order valence-electron chi connectivity index (χ2n) is 8.68. The van der Waals surface area contributed by atoms with E-state index in [-0.39, 0.29) is 29.8 Å². The Balaban J connectivity index is 1.28. The molecule has 2 aromatic carbocycles. The number of benzene rings is 2. The molecule has 4 rings (SSSR count). The van der Waals surface area contributed by atoms with Gasteiger partial charge >= 0.3 is 6.18 Å². The van der Waals surface area contributed by atoms with Crippen LogP contribution >= 0.6 is 0 Å².